The highest BCUT2D eigenvalue weighted by Crippen LogP contribution is 2.29. The highest BCUT2D eigenvalue weighted by atomic mass is 79.9. The van der Waals surface area contributed by atoms with E-state index in [1.54, 1.807) is 6.07 Å². The van der Waals surface area contributed by atoms with Crippen LogP contribution in [0.25, 0.3) is 0 Å². The Morgan fingerprint density at radius 2 is 2.17 bits per heavy atom. The molecule has 1 aliphatic carbocycles. The number of nitrogens with one attached hydrogen (secondary N) is 1. The first-order chi connectivity index (χ1) is 8.58. The van der Waals surface area contributed by atoms with Crippen molar-refractivity contribution in [3.63, 3.8) is 0 Å². The second-order valence-corrected chi connectivity index (χ2v) is 6.27. The molecule has 100 valence electrons. The average Bonchev–Trinajstić information content (AvgIpc) is 2.67. The van der Waals surface area contributed by atoms with Crippen molar-refractivity contribution in [3.8, 4) is 0 Å². The summed E-state index contributed by atoms with van der Waals surface area (Å²) in [6, 6.07) is 1.80. The van der Waals surface area contributed by atoms with Gasteiger partial charge in [0.25, 0.3) is 5.91 Å². The van der Waals surface area contributed by atoms with Crippen molar-refractivity contribution in [3.05, 3.63) is 23.2 Å². The van der Waals surface area contributed by atoms with Crippen LogP contribution in [0, 0.1) is 19.8 Å². The molecule has 2 unspecified atom stereocenters. The van der Waals surface area contributed by atoms with Gasteiger partial charge >= 0.3 is 0 Å². The minimum absolute atomic E-state index is 0.0189. The third-order valence-electron chi connectivity index (χ3n) is 3.63. The maximum absolute atomic E-state index is 12.0. The molecule has 2 atom stereocenters. The van der Waals surface area contributed by atoms with E-state index in [1.807, 2.05) is 13.8 Å². The highest BCUT2D eigenvalue weighted by molar-refractivity contribution is 9.09. The number of carbonyl (C=O) groups is 1. The second kappa shape index (κ2) is 5.91. The van der Waals surface area contributed by atoms with Gasteiger partial charge in [0.05, 0.1) is 5.56 Å². The maximum Gasteiger partial charge on any atom is 0.254 e. The number of furan rings is 1. The lowest BCUT2D eigenvalue weighted by molar-refractivity contribution is 0.0943. The van der Waals surface area contributed by atoms with Gasteiger partial charge in [-0.1, -0.05) is 28.8 Å². The van der Waals surface area contributed by atoms with Crippen molar-refractivity contribution in [2.24, 2.45) is 5.92 Å². The van der Waals surface area contributed by atoms with Crippen LogP contribution >= 0.6 is 15.9 Å². The van der Waals surface area contributed by atoms with E-state index in [0.29, 0.717) is 22.1 Å². The Bertz CT molecular complexity index is 427. The molecule has 2 rings (SSSR count). The number of halogens is 1. The molecule has 1 fully saturated rings. The fourth-order valence-corrected chi connectivity index (χ4v) is 3.34. The number of hydrogen-bond donors (Lipinski definition) is 1. The molecule has 18 heavy (non-hydrogen) atoms. The number of hydrogen-bond acceptors (Lipinski definition) is 2. The minimum atomic E-state index is -0.0189. The summed E-state index contributed by atoms with van der Waals surface area (Å²) in [5.41, 5.74) is 0.662. The fourth-order valence-electron chi connectivity index (χ4n) is 2.57. The summed E-state index contributed by atoms with van der Waals surface area (Å²) in [4.78, 5) is 12.6. The molecule has 1 N–H and O–H groups in total. The smallest absolute Gasteiger partial charge is 0.254 e. The van der Waals surface area contributed by atoms with Crippen LogP contribution in [-0.4, -0.2) is 17.3 Å². The van der Waals surface area contributed by atoms with Crippen LogP contribution in [0.1, 0.15) is 47.6 Å². The lowest BCUT2D eigenvalue weighted by Crippen LogP contribution is -2.34. The van der Waals surface area contributed by atoms with E-state index in [9.17, 15) is 4.79 Å². The van der Waals surface area contributed by atoms with E-state index in [4.69, 9.17) is 4.42 Å². The molecule has 1 aromatic rings. The van der Waals surface area contributed by atoms with Gasteiger partial charge in [-0.3, -0.25) is 4.79 Å². The largest absolute Gasteiger partial charge is 0.466 e. The van der Waals surface area contributed by atoms with Crippen molar-refractivity contribution in [1.82, 2.24) is 5.32 Å². The number of amides is 1. The Morgan fingerprint density at radius 3 is 2.78 bits per heavy atom. The van der Waals surface area contributed by atoms with Crippen LogP contribution in [0.15, 0.2) is 10.5 Å². The number of alkyl halides is 1. The van der Waals surface area contributed by atoms with Gasteiger partial charge in [-0.25, -0.2) is 0 Å². The molecule has 0 bridgehead atoms. The van der Waals surface area contributed by atoms with Crippen molar-refractivity contribution in [2.45, 2.75) is 44.4 Å². The average molecular weight is 314 g/mol. The zero-order chi connectivity index (χ0) is 13.1. The van der Waals surface area contributed by atoms with E-state index in [2.05, 4.69) is 21.2 Å². The lowest BCUT2D eigenvalue weighted by atomic mass is 9.89. The van der Waals surface area contributed by atoms with E-state index < -0.39 is 0 Å². The topological polar surface area (TPSA) is 42.2 Å². The van der Waals surface area contributed by atoms with Crippen LogP contribution in [0.3, 0.4) is 0 Å². The quantitative estimate of drug-likeness (QED) is 0.867. The minimum Gasteiger partial charge on any atom is -0.466 e. The maximum atomic E-state index is 12.0. The first-order valence-electron chi connectivity index (χ1n) is 6.57. The molecule has 0 saturated heterocycles. The van der Waals surface area contributed by atoms with Gasteiger partial charge < -0.3 is 9.73 Å². The van der Waals surface area contributed by atoms with Gasteiger partial charge in [0.2, 0.25) is 0 Å². The van der Waals surface area contributed by atoms with E-state index >= 15 is 0 Å². The zero-order valence-corrected chi connectivity index (χ0v) is 12.5. The van der Waals surface area contributed by atoms with Crippen LogP contribution in [0.4, 0.5) is 0 Å². The van der Waals surface area contributed by atoms with Crippen LogP contribution in [0.5, 0.6) is 0 Å². The van der Waals surface area contributed by atoms with Gasteiger partial charge in [-0.05, 0) is 38.7 Å². The summed E-state index contributed by atoms with van der Waals surface area (Å²) in [6.07, 6.45) is 4.97. The summed E-state index contributed by atoms with van der Waals surface area (Å²) >= 11 is 3.71. The fraction of sp³-hybridized carbons (Fsp3) is 0.643. The van der Waals surface area contributed by atoms with Gasteiger partial charge in [-0.15, -0.1) is 0 Å². The summed E-state index contributed by atoms with van der Waals surface area (Å²) in [7, 11) is 0. The van der Waals surface area contributed by atoms with Gasteiger partial charge in [0.15, 0.2) is 0 Å². The number of aryl methyl sites for hydroxylation is 2. The predicted octanol–water partition coefficient (Wildman–Crippen LogP) is 3.58. The van der Waals surface area contributed by atoms with Crippen LogP contribution in [0.2, 0.25) is 0 Å². The van der Waals surface area contributed by atoms with Crippen molar-refractivity contribution >= 4 is 21.8 Å². The standard InChI is InChI=1S/C14H20BrNO2/c1-9-7-12(10(2)18-9)14(17)16-8-11-5-3-4-6-13(11)15/h7,11,13H,3-6,8H2,1-2H3,(H,16,17). The first kappa shape index (κ1) is 13.7. The molecular weight excluding hydrogens is 294 g/mol. The van der Waals surface area contributed by atoms with Gasteiger partial charge in [0.1, 0.15) is 11.5 Å². The molecule has 4 heteroatoms. The number of carbonyl (C=O) groups excluding carboxylic acids is 1. The normalized spacial score (nSPS) is 23.9. The summed E-state index contributed by atoms with van der Waals surface area (Å²) in [5.74, 6) is 2.02. The molecule has 0 aliphatic heterocycles. The molecular formula is C14H20BrNO2. The second-order valence-electron chi connectivity index (χ2n) is 5.10. The molecule has 1 heterocycles. The van der Waals surface area contributed by atoms with E-state index in [0.717, 1.165) is 12.3 Å². The third kappa shape index (κ3) is 3.16. The van der Waals surface area contributed by atoms with Crippen molar-refractivity contribution < 1.29 is 9.21 Å². The Morgan fingerprint density at radius 1 is 1.44 bits per heavy atom. The highest BCUT2D eigenvalue weighted by Gasteiger charge is 2.23. The molecule has 0 spiro atoms. The summed E-state index contributed by atoms with van der Waals surface area (Å²) in [6.45, 7) is 4.44. The van der Waals surface area contributed by atoms with E-state index in [-0.39, 0.29) is 5.91 Å². The molecule has 3 nitrogen and oxygen atoms in total. The van der Waals surface area contributed by atoms with E-state index in [1.165, 1.54) is 25.7 Å². The molecule has 0 radical (unpaired) electrons. The monoisotopic (exact) mass is 313 g/mol. The summed E-state index contributed by atoms with van der Waals surface area (Å²) in [5, 5.41) is 3.02. The van der Waals surface area contributed by atoms with Crippen LogP contribution in [-0.2, 0) is 0 Å². The SMILES string of the molecule is Cc1cc(C(=O)NCC2CCCCC2Br)c(C)o1. The van der Waals surface area contributed by atoms with Crippen LogP contribution < -0.4 is 5.32 Å². The predicted molar refractivity (Wildman–Crippen MR) is 75.2 cm³/mol. The van der Waals surface area contributed by atoms with Crippen molar-refractivity contribution in [2.75, 3.05) is 6.54 Å². The molecule has 0 aromatic carbocycles. The zero-order valence-electron chi connectivity index (χ0n) is 11.0. The van der Waals surface area contributed by atoms with Gasteiger partial charge in [0, 0.05) is 11.4 Å². The molecule has 1 amide bonds. The Hall–Kier alpha value is -0.770. The Balaban J connectivity index is 1.90. The molecule has 1 saturated carbocycles. The number of rotatable bonds is 3. The van der Waals surface area contributed by atoms with Gasteiger partial charge in [-0.2, -0.15) is 0 Å². The Kier molecular flexibility index (Phi) is 4.49. The molecule has 1 aromatic heterocycles. The third-order valence-corrected chi connectivity index (χ3v) is 4.83. The first-order valence-corrected chi connectivity index (χ1v) is 7.49. The summed E-state index contributed by atoms with van der Waals surface area (Å²) < 4.78 is 5.38. The lowest BCUT2D eigenvalue weighted by Gasteiger charge is -2.27. The van der Waals surface area contributed by atoms with Crippen molar-refractivity contribution in [1.29, 1.82) is 0 Å². The molecule has 1 aliphatic rings. The Labute approximate surface area is 116 Å².